The molecule has 4 nitrogen and oxygen atoms in total. The maximum Gasteiger partial charge on any atom is 0.271 e. The summed E-state index contributed by atoms with van der Waals surface area (Å²) < 4.78 is 0.829. The van der Waals surface area contributed by atoms with Crippen molar-refractivity contribution in [2.75, 3.05) is 0 Å². The standard InChI is InChI=1S/C16H15BrN2O2/c1-2-14(13-8-3-4-9-15(13)20)18-19-16(21)11-6-5-7-12(17)10-11/h3-10,20H,2H2,1H3,(H,19,21)/b18-14+. The Kier molecular flexibility index (Phi) is 5.11. The van der Waals surface area contributed by atoms with E-state index in [1.807, 2.05) is 19.1 Å². The number of nitrogens with zero attached hydrogens (tertiary/aromatic N) is 1. The lowest BCUT2D eigenvalue weighted by Crippen LogP contribution is -2.20. The van der Waals surface area contributed by atoms with Crippen molar-refractivity contribution in [1.82, 2.24) is 5.43 Å². The van der Waals surface area contributed by atoms with Gasteiger partial charge in [-0.2, -0.15) is 5.10 Å². The van der Waals surface area contributed by atoms with Gasteiger partial charge in [-0.1, -0.05) is 41.1 Å². The number of carbonyl (C=O) groups excluding carboxylic acids is 1. The van der Waals surface area contributed by atoms with Crippen molar-refractivity contribution in [1.29, 1.82) is 0 Å². The Morgan fingerprint density at radius 3 is 2.67 bits per heavy atom. The van der Waals surface area contributed by atoms with Crippen LogP contribution in [-0.4, -0.2) is 16.7 Å². The zero-order valence-corrected chi connectivity index (χ0v) is 13.1. The van der Waals surface area contributed by atoms with Gasteiger partial charge >= 0.3 is 0 Å². The van der Waals surface area contributed by atoms with Crippen LogP contribution in [0.3, 0.4) is 0 Å². The van der Waals surface area contributed by atoms with Crippen LogP contribution in [0.1, 0.15) is 29.3 Å². The largest absolute Gasteiger partial charge is 0.507 e. The molecular weight excluding hydrogens is 332 g/mol. The SMILES string of the molecule is CC/C(=N\NC(=O)c1cccc(Br)c1)c1ccccc1O. The molecule has 0 heterocycles. The normalized spacial score (nSPS) is 11.2. The number of rotatable bonds is 4. The summed E-state index contributed by atoms with van der Waals surface area (Å²) in [6, 6.07) is 14.0. The van der Waals surface area contributed by atoms with Crippen molar-refractivity contribution >= 4 is 27.5 Å². The average Bonchev–Trinajstić information content (AvgIpc) is 2.49. The molecule has 0 fully saturated rings. The minimum atomic E-state index is -0.294. The monoisotopic (exact) mass is 346 g/mol. The number of hydrazone groups is 1. The topological polar surface area (TPSA) is 61.7 Å². The molecule has 0 radical (unpaired) electrons. The first-order valence-electron chi connectivity index (χ1n) is 6.52. The fourth-order valence-electron chi connectivity index (χ4n) is 1.86. The fraction of sp³-hybridized carbons (Fsp3) is 0.125. The average molecular weight is 347 g/mol. The van der Waals surface area contributed by atoms with Crippen LogP contribution in [-0.2, 0) is 0 Å². The van der Waals surface area contributed by atoms with E-state index >= 15 is 0 Å². The fourth-order valence-corrected chi connectivity index (χ4v) is 2.26. The maximum atomic E-state index is 12.0. The van der Waals surface area contributed by atoms with Gasteiger partial charge in [0.1, 0.15) is 5.75 Å². The van der Waals surface area contributed by atoms with Crippen LogP contribution in [0.2, 0.25) is 0 Å². The van der Waals surface area contributed by atoms with Gasteiger partial charge in [0.05, 0.1) is 5.71 Å². The van der Waals surface area contributed by atoms with Crippen LogP contribution in [0.5, 0.6) is 5.75 Å². The lowest BCUT2D eigenvalue weighted by molar-refractivity contribution is 0.0954. The van der Waals surface area contributed by atoms with E-state index in [9.17, 15) is 9.90 Å². The van der Waals surface area contributed by atoms with Crippen molar-refractivity contribution in [3.8, 4) is 5.75 Å². The zero-order chi connectivity index (χ0) is 15.2. The molecule has 0 spiro atoms. The highest BCUT2D eigenvalue weighted by Crippen LogP contribution is 2.18. The molecule has 0 atom stereocenters. The molecule has 0 aromatic heterocycles. The van der Waals surface area contributed by atoms with Crippen LogP contribution in [0, 0.1) is 0 Å². The van der Waals surface area contributed by atoms with Crippen molar-refractivity contribution in [3.05, 3.63) is 64.1 Å². The first-order valence-corrected chi connectivity index (χ1v) is 7.32. The molecule has 0 unspecified atom stereocenters. The van der Waals surface area contributed by atoms with Gasteiger partial charge in [0, 0.05) is 15.6 Å². The number of amides is 1. The van der Waals surface area contributed by atoms with Gasteiger partial charge in [0.25, 0.3) is 5.91 Å². The highest BCUT2D eigenvalue weighted by Gasteiger charge is 2.09. The second-order valence-corrected chi connectivity index (χ2v) is 5.30. The molecule has 2 aromatic carbocycles. The van der Waals surface area contributed by atoms with Crippen molar-refractivity contribution in [3.63, 3.8) is 0 Å². The van der Waals surface area contributed by atoms with Crippen molar-refractivity contribution in [2.24, 2.45) is 5.10 Å². The Labute approximate surface area is 131 Å². The molecule has 0 aliphatic rings. The smallest absolute Gasteiger partial charge is 0.271 e. The number of carbonyl (C=O) groups is 1. The number of phenolic OH excluding ortho intramolecular Hbond substituents is 1. The lowest BCUT2D eigenvalue weighted by Gasteiger charge is -2.07. The molecule has 2 aromatic rings. The molecule has 0 bridgehead atoms. The molecular formula is C16H15BrN2O2. The number of nitrogens with one attached hydrogen (secondary N) is 1. The van der Waals surface area contributed by atoms with Crippen molar-refractivity contribution < 1.29 is 9.90 Å². The summed E-state index contributed by atoms with van der Waals surface area (Å²) in [5, 5.41) is 14.0. The first-order chi connectivity index (χ1) is 10.1. The summed E-state index contributed by atoms with van der Waals surface area (Å²) in [6.45, 7) is 1.91. The minimum Gasteiger partial charge on any atom is -0.507 e. The molecule has 5 heteroatoms. The van der Waals surface area contributed by atoms with E-state index in [1.165, 1.54) is 0 Å². The van der Waals surface area contributed by atoms with Crippen LogP contribution >= 0.6 is 15.9 Å². The number of phenols is 1. The maximum absolute atomic E-state index is 12.0. The van der Waals surface area contributed by atoms with Crippen LogP contribution in [0.25, 0.3) is 0 Å². The molecule has 2 N–H and O–H groups in total. The number of para-hydroxylation sites is 1. The highest BCUT2D eigenvalue weighted by molar-refractivity contribution is 9.10. The van der Waals surface area contributed by atoms with Gasteiger partial charge in [-0.25, -0.2) is 5.43 Å². The second-order valence-electron chi connectivity index (χ2n) is 4.38. The predicted molar refractivity (Wildman–Crippen MR) is 86.5 cm³/mol. The Morgan fingerprint density at radius 2 is 2.00 bits per heavy atom. The molecule has 0 saturated carbocycles. The van der Waals surface area contributed by atoms with Crippen LogP contribution in [0.15, 0.2) is 58.1 Å². The Balaban J connectivity index is 2.19. The minimum absolute atomic E-state index is 0.148. The number of aromatic hydroxyl groups is 1. The number of benzene rings is 2. The summed E-state index contributed by atoms with van der Waals surface area (Å²) in [7, 11) is 0. The van der Waals surface area contributed by atoms with Gasteiger partial charge in [-0.3, -0.25) is 4.79 Å². The molecule has 0 aliphatic carbocycles. The number of halogens is 1. The third kappa shape index (κ3) is 3.92. The van der Waals surface area contributed by atoms with Gasteiger partial charge < -0.3 is 5.11 Å². The molecule has 1 amide bonds. The summed E-state index contributed by atoms with van der Waals surface area (Å²) in [4.78, 5) is 12.0. The number of hydrogen-bond donors (Lipinski definition) is 2. The summed E-state index contributed by atoms with van der Waals surface area (Å²) in [5.41, 5.74) is 4.28. The van der Waals surface area contributed by atoms with E-state index in [0.29, 0.717) is 23.3 Å². The molecule has 108 valence electrons. The van der Waals surface area contributed by atoms with Crippen molar-refractivity contribution in [2.45, 2.75) is 13.3 Å². The van der Waals surface area contributed by atoms with E-state index in [4.69, 9.17) is 0 Å². The van der Waals surface area contributed by atoms with Gasteiger partial charge in [-0.05, 0) is 36.8 Å². The highest BCUT2D eigenvalue weighted by atomic mass is 79.9. The van der Waals surface area contributed by atoms with E-state index in [2.05, 4.69) is 26.5 Å². The first kappa shape index (κ1) is 15.3. The number of hydrogen-bond acceptors (Lipinski definition) is 3. The summed E-state index contributed by atoms with van der Waals surface area (Å²) in [6.07, 6.45) is 0.594. The lowest BCUT2D eigenvalue weighted by atomic mass is 10.1. The van der Waals surface area contributed by atoms with E-state index in [0.717, 1.165) is 4.47 Å². The van der Waals surface area contributed by atoms with Crippen LogP contribution < -0.4 is 5.43 Å². The molecule has 2 rings (SSSR count). The third-order valence-electron chi connectivity index (χ3n) is 2.93. The molecule has 0 aliphatic heterocycles. The quantitative estimate of drug-likeness (QED) is 0.654. The Morgan fingerprint density at radius 1 is 1.24 bits per heavy atom. The molecule has 21 heavy (non-hydrogen) atoms. The van der Waals surface area contributed by atoms with E-state index in [1.54, 1.807) is 36.4 Å². The van der Waals surface area contributed by atoms with E-state index in [-0.39, 0.29) is 11.7 Å². The van der Waals surface area contributed by atoms with Gasteiger partial charge in [-0.15, -0.1) is 0 Å². The Hall–Kier alpha value is -2.14. The van der Waals surface area contributed by atoms with Crippen LogP contribution in [0.4, 0.5) is 0 Å². The van der Waals surface area contributed by atoms with Gasteiger partial charge in [0.2, 0.25) is 0 Å². The third-order valence-corrected chi connectivity index (χ3v) is 3.42. The molecule has 0 saturated heterocycles. The summed E-state index contributed by atoms with van der Waals surface area (Å²) in [5.74, 6) is -0.146. The van der Waals surface area contributed by atoms with E-state index < -0.39 is 0 Å². The predicted octanol–water partition coefficient (Wildman–Crippen LogP) is 3.70. The second kappa shape index (κ2) is 7.04. The zero-order valence-electron chi connectivity index (χ0n) is 11.5. The summed E-state index contributed by atoms with van der Waals surface area (Å²) >= 11 is 3.32. The Bertz CT molecular complexity index is 683. The van der Waals surface area contributed by atoms with Gasteiger partial charge in [0.15, 0.2) is 0 Å².